The van der Waals surface area contributed by atoms with E-state index in [1.54, 1.807) is 0 Å². The molecular formula is C21H18ClF3N4O4. The van der Waals surface area contributed by atoms with Gasteiger partial charge >= 0.3 is 6.09 Å². The van der Waals surface area contributed by atoms with Gasteiger partial charge in [-0.25, -0.2) is 22.9 Å². The summed E-state index contributed by atoms with van der Waals surface area (Å²) in [6, 6.07) is 2.97. The quantitative estimate of drug-likeness (QED) is 0.594. The third kappa shape index (κ3) is 4.33. The van der Waals surface area contributed by atoms with Crippen LogP contribution in [-0.2, 0) is 11.2 Å². The summed E-state index contributed by atoms with van der Waals surface area (Å²) in [6.07, 6.45) is -0.766. The van der Waals surface area contributed by atoms with Gasteiger partial charge in [-0.1, -0.05) is 11.6 Å². The molecule has 3 heterocycles. The highest BCUT2D eigenvalue weighted by atomic mass is 35.5. The number of nitrogens with zero attached hydrogens (tertiary/aromatic N) is 3. The van der Waals surface area contributed by atoms with Gasteiger partial charge in [0.2, 0.25) is 0 Å². The molecule has 2 amide bonds. The minimum absolute atomic E-state index is 0.0126. The van der Waals surface area contributed by atoms with Crippen molar-refractivity contribution in [2.75, 3.05) is 26.7 Å². The number of morpholine rings is 1. The number of carbonyl (C=O) groups excluding carboxylic acids is 1. The number of aromatic nitrogens is 2. The van der Waals surface area contributed by atoms with Crippen molar-refractivity contribution in [1.29, 1.82) is 0 Å². The molecule has 0 saturated carbocycles. The molecule has 1 aliphatic heterocycles. The number of carboxylic acid groups (broad SMARTS) is 1. The first-order chi connectivity index (χ1) is 15.7. The lowest BCUT2D eigenvalue weighted by atomic mass is 10.0. The number of nitrogens with one attached hydrogen (secondary N) is 1. The Morgan fingerprint density at radius 1 is 1.24 bits per heavy atom. The van der Waals surface area contributed by atoms with E-state index in [0.717, 1.165) is 23.2 Å². The third-order valence-electron chi connectivity index (χ3n) is 5.36. The van der Waals surface area contributed by atoms with Gasteiger partial charge in [0.05, 0.1) is 41.2 Å². The molecule has 1 aliphatic rings. The van der Waals surface area contributed by atoms with Crippen LogP contribution in [0.15, 0.2) is 24.4 Å². The summed E-state index contributed by atoms with van der Waals surface area (Å²) in [5, 5.41) is 11.3. The molecule has 0 spiro atoms. The molecule has 33 heavy (non-hydrogen) atoms. The van der Waals surface area contributed by atoms with Crippen LogP contribution >= 0.6 is 11.6 Å². The zero-order valence-electron chi connectivity index (χ0n) is 17.2. The van der Waals surface area contributed by atoms with Crippen molar-refractivity contribution >= 4 is 29.2 Å². The summed E-state index contributed by atoms with van der Waals surface area (Å²) in [7, 11) is 1.33. The Hall–Kier alpha value is -3.31. The fourth-order valence-corrected chi connectivity index (χ4v) is 3.94. The van der Waals surface area contributed by atoms with E-state index in [0.29, 0.717) is 0 Å². The van der Waals surface area contributed by atoms with E-state index >= 15 is 8.78 Å². The third-order valence-corrected chi connectivity index (χ3v) is 5.65. The van der Waals surface area contributed by atoms with E-state index in [1.165, 1.54) is 17.5 Å². The number of halogens is 4. The maximum absolute atomic E-state index is 15.0. The predicted molar refractivity (Wildman–Crippen MR) is 112 cm³/mol. The van der Waals surface area contributed by atoms with Crippen LogP contribution in [0.4, 0.5) is 18.0 Å². The number of imidazole rings is 1. The normalized spacial score (nSPS) is 16.3. The Morgan fingerprint density at radius 3 is 2.58 bits per heavy atom. The molecule has 174 valence electrons. The number of hydrogen-bond acceptors (Lipinski definition) is 4. The molecule has 1 unspecified atom stereocenters. The van der Waals surface area contributed by atoms with Gasteiger partial charge in [0, 0.05) is 37.8 Å². The summed E-state index contributed by atoms with van der Waals surface area (Å²) in [6.45, 7) is 0.325. The molecule has 1 saturated heterocycles. The molecule has 1 aromatic carbocycles. The Labute approximate surface area is 190 Å². The molecule has 2 aromatic heterocycles. The lowest BCUT2D eigenvalue weighted by Crippen LogP contribution is -2.45. The molecule has 0 radical (unpaired) electrons. The van der Waals surface area contributed by atoms with E-state index < -0.39 is 41.1 Å². The highest BCUT2D eigenvalue weighted by Crippen LogP contribution is 2.33. The van der Waals surface area contributed by atoms with Crippen LogP contribution in [0.5, 0.6) is 0 Å². The maximum Gasteiger partial charge on any atom is 0.407 e. The number of carbonyl (C=O) groups is 2. The first-order valence-electron chi connectivity index (χ1n) is 9.86. The van der Waals surface area contributed by atoms with Crippen molar-refractivity contribution in [1.82, 2.24) is 19.6 Å². The van der Waals surface area contributed by atoms with Gasteiger partial charge in [0.1, 0.15) is 17.3 Å². The monoisotopic (exact) mass is 482 g/mol. The summed E-state index contributed by atoms with van der Waals surface area (Å²) < 4.78 is 51.2. The second-order valence-corrected chi connectivity index (χ2v) is 7.83. The highest BCUT2D eigenvalue weighted by molar-refractivity contribution is 6.31. The molecular weight excluding hydrogens is 465 g/mol. The van der Waals surface area contributed by atoms with Gasteiger partial charge in [0.25, 0.3) is 5.91 Å². The number of rotatable bonds is 4. The van der Waals surface area contributed by atoms with E-state index in [2.05, 4.69) is 10.3 Å². The van der Waals surface area contributed by atoms with Crippen LogP contribution < -0.4 is 5.32 Å². The van der Waals surface area contributed by atoms with Crippen molar-refractivity contribution in [2.24, 2.45) is 0 Å². The van der Waals surface area contributed by atoms with Crippen LogP contribution in [0.3, 0.4) is 0 Å². The van der Waals surface area contributed by atoms with Crippen LogP contribution in [0.2, 0.25) is 5.02 Å². The van der Waals surface area contributed by atoms with Crippen LogP contribution in [0.25, 0.3) is 16.9 Å². The zero-order valence-corrected chi connectivity index (χ0v) is 18.0. The van der Waals surface area contributed by atoms with Crippen LogP contribution in [0.1, 0.15) is 16.1 Å². The second kappa shape index (κ2) is 8.91. The largest absolute Gasteiger partial charge is 0.465 e. The van der Waals surface area contributed by atoms with Gasteiger partial charge in [-0.15, -0.1) is 0 Å². The topological polar surface area (TPSA) is 96.2 Å². The van der Waals surface area contributed by atoms with Gasteiger partial charge in [-0.3, -0.25) is 4.79 Å². The molecule has 12 heteroatoms. The second-order valence-electron chi connectivity index (χ2n) is 7.42. The summed E-state index contributed by atoms with van der Waals surface area (Å²) in [5.41, 5.74) is -0.534. The lowest BCUT2D eigenvalue weighted by Gasteiger charge is -2.31. The molecule has 8 nitrogen and oxygen atoms in total. The summed E-state index contributed by atoms with van der Waals surface area (Å²) >= 11 is 5.86. The number of benzene rings is 1. The van der Waals surface area contributed by atoms with Gasteiger partial charge < -0.3 is 24.5 Å². The number of fused-ring (bicyclic) bond motifs is 1. The van der Waals surface area contributed by atoms with Crippen LogP contribution in [-0.4, -0.2) is 64.2 Å². The van der Waals surface area contributed by atoms with E-state index in [4.69, 9.17) is 16.3 Å². The number of pyridine rings is 1. The number of amides is 2. The Balaban J connectivity index is 1.85. The number of hydrogen-bond donors (Lipinski definition) is 2. The fraction of sp³-hybridized carbons (Fsp3) is 0.286. The average molecular weight is 483 g/mol. The highest BCUT2D eigenvalue weighted by Gasteiger charge is 2.29. The molecule has 0 aliphatic carbocycles. The van der Waals surface area contributed by atoms with E-state index in [9.17, 15) is 19.1 Å². The van der Waals surface area contributed by atoms with Gasteiger partial charge in [-0.05, 0) is 12.1 Å². The van der Waals surface area contributed by atoms with E-state index in [1.807, 2.05) is 0 Å². The molecule has 1 fully saturated rings. The molecule has 4 rings (SSSR count). The van der Waals surface area contributed by atoms with Crippen molar-refractivity contribution in [3.05, 3.63) is 58.1 Å². The molecule has 2 N–H and O–H groups in total. The minimum Gasteiger partial charge on any atom is -0.465 e. The first-order valence-corrected chi connectivity index (χ1v) is 10.2. The predicted octanol–water partition coefficient (Wildman–Crippen LogP) is 3.35. The lowest BCUT2D eigenvalue weighted by molar-refractivity contribution is -0.0214. The van der Waals surface area contributed by atoms with Gasteiger partial charge in [0.15, 0.2) is 5.82 Å². The van der Waals surface area contributed by atoms with Crippen molar-refractivity contribution in [3.8, 4) is 11.3 Å². The Morgan fingerprint density at radius 2 is 1.94 bits per heavy atom. The van der Waals surface area contributed by atoms with Crippen LogP contribution in [0, 0.1) is 17.5 Å². The standard InChI is InChI=1S/C21H18ClF3N4O4/c1-26-20(30)10-4-13(23)18(14(24)5-10)19-16(6-11-8-28(21(31)32)2-3-33-11)29-9-15(25)12(22)7-17(29)27-19/h4-5,7,9,11H,2-3,6,8H2,1H3,(H,26,30)(H,31,32). The van der Waals surface area contributed by atoms with Crippen molar-refractivity contribution < 1.29 is 32.6 Å². The Kier molecular flexibility index (Phi) is 6.17. The SMILES string of the molecule is CNC(=O)c1cc(F)c(-c2nc3cc(Cl)c(F)cn3c2CC2CN(C(=O)O)CCO2)c(F)c1. The summed E-state index contributed by atoms with van der Waals surface area (Å²) in [4.78, 5) is 28.6. The smallest absolute Gasteiger partial charge is 0.407 e. The number of ether oxygens (including phenoxy) is 1. The molecule has 3 aromatic rings. The first kappa shape index (κ1) is 22.9. The van der Waals surface area contributed by atoms with Crippen molar-refractivity contribution in [2.45, 2.75) is 12.5 Å². The van der Waals surface area contributed by atoms with Crippen molar-refractivity contribution in [3.63, 3.8) is 0 Å². The van der Waals surface area contributed by atoms with E-state index in [-0.39, 0.29) is 53.7 Å². The Bertz CT molecular complexity index is 1240. The molecule has 0 bridgehead atoms. The maximum atomic E-state index is 15.0. The van der Waals surface area contributed by atoms with Gasteiger partial charge in [-0.2, -0.15) is 0 Å². The average Bonchev–Trinajstić information content (AvgIpc) is 3.09. The molecule has 1 atom stereocenters. The summed E-state index contributed by atoms with van der Waals surface area (Å²) in [5.74, 6) is -3.53. The fourth-order valence-electron chi connectivity index (χ4n) is 3.79. The minimum atomic E-state index is -1.12. The zero-order chi connectivity index (χ0) is 23.9.